The van der Waals surface area contributed by atoms with Crippen LogP contribution in [-0.2, 0) is 15.6 Å². The van der Waals surface area contributed by atoms with Crippen LogP contribution < -0.4 is 4.74 Å². The van der Waals surface area contributed by atoms with Crippen LogP contribution in [0.15, 0.2) is 42.0 Å². The lowest BCUT2D eigenvalue weighted by molar-refractivity contribution is -0.131. The minimum Gasteiger partial charge on any atom is -0.493 e. The van der Waals surface area contributed by atoms with E-state index in [1.807, 2.05) is 12.2 Å². The first-order valence-electron chi connectivity index (χ1n) is 9.71. The minimum atomic E-state index is -0.919. The molecule has 1 aliphatic carbocycles. The molecule has 0 fully saturated rings. The number of rotatable bonds is 3. The second kappa shape index (κ2) is 7.03. The molecule has 0 bridgehead atoms. The molecule has 0 amide bonds. The van der Waals surface area contributed by atoms with Crippen LogP contribution in [-0.4, -0.2) is 17.7 Å². The Kier molecular flexibility index (Phi) is 5.07. The molecule has 0 atom stereocenters. The van der Waals surface area contributed by atoms with Crippen molar-refractivity contribution in [1.29, 1.82) is 0 Å². The number of hydrogen-bond acceptors (Lipinski definition) is 2. The molecule has 27 heavy (non-hydrogen) atoms. The molecule has 0 spiro atoms. The normalized spacial score (nSPS) is 22.3. The van der Waals surface area contributed by atoms with Crippen molar-refractivity contribution in [2.24, 2.45) is 0 Å². The Morgan fingerprint density at radius 2 is 1.74 bits per heavy atom. The molecule has 0 radical (unpaired) electrons. The van der Waals surface area contributed by atoms with Gasteiger partial charge >= 0.3 is 5.97 Å². The molecule has 1 heterocycles. The van der Waals surface area contributed by atoms with Gasteiger partial charge < -0.3 is 9.84 Å². The molecule has 3 rings (SSSR count). The lowest BCUT2D eigenvalue weighted by Gasteiger charge is -2.42. The maximum Gasteiger partial charge on any atom is 0.328 e. The van der Waals surface area contributed by atoms with Crippen molar-refractivity contribution in [2.45, 2.75) is 64.7 Å². The van der Waals surface area contributed by atoms with Crippen molar-refractivity contribution in [1.82, 2.24) is 0 Å². The molecule has 1 aromatic carbocycles. The monoisotopic (exact) mass is 366 g/mol. The molecule has 144 valence electrons. The van der Waals surface area contributed by atoms with Crippen molar-refractivity contribution in [3.05, 3.63) is 58.7 Å². The molecule has 0 saturated heterocycles. The van der Waals surface area contributed by atoms with Crippen LogP contribution in [0.4, 0.5) is 0 Å². The van der Waals surface area contributed by atoms with Crippen LogP contribution in [0.25, 0.3) is 5.57 Å². The van der Waals surface area contributed by atoms with E-state index >= 15 is 0 Å². The predicted octanol–water partition coefficient (Wildman–Crippen LogP) is 5.79. The fraction of sp³-hybridized carbons (Fsp3) is 0.458. The highest BCUT2D eigenvalue weighted by atomic mass is 16.5. The highest BCUT2D eigenvalue weighted by molar-refractivity contribution is 5.81. The second-order valence-corrected chi connectivity index (χ2v) is 9.04. The Bertz CT molecular complexity index is 851. The zero-order valence-electron chi connectivity index (χ0n) is 17.1. The van der Waals surface area contributed by atoms with E-state index in [4.69, 9.17) is 9.84 Å². The maximum atomic E-state index is 10.7. The lowest BCUT2D eigenvalue weighted by Crippen LogP contribution is -2.34. The smallest absolute Gasteiger partial charge is 0.328 e. The number of benzene rings is 1. The van der Waals surface area contributed by atoms with E-state index in [9.17, 15) is 4.79 Å². The highest BCUT2D eigenvalue weighted by Gasteiger charge is 2.38. The van der Waals surface area contributed by atoms with Gasteiger partial charge in [0, 0.05) is 18.1 Å². The highest BCUT2D eigenvalue weighted by Crippen LogP contribution is 2.49. The average molecular weight is 367 g/mol. The average Bonchev–Trinajstić information content (AvgIpc) is 2.57. The second-order valence-electron chi connectivity index (χ2n) is 9.04. The number of ether oxygens (including phenoxy) is 1. The molecule has 3 heteroatoms. The fourth-order valence-corrected chi connectivity index (χ4v) is 4.10. The summed E-state index contributed by atoms with van der Waals surface area (Å²) in [7, 11) is 0. The molecule has 3 nitrogen and oxygen atoms in total. The number of aliphatic carboxylic acids is 1. The van der Waals surface area contributed by atoms with Gasteiger partial charge in [-0.3, -0.25) is 0 Å². The summed E-state index contributed by atoms with van der Waals surface area (Å²) >= 11 is 0. The van der Waals surface area contributed by atoms with Crippen molar-refractivity contribution in [3.63, 3.8) is 0 Å². The summed E-state index contributed by atoms with van der Waals surface area (Å²) in [5, 5.41) is 8.82. The third-order valence-electron chi connectivity index (χ3n) is 5.94. The Balaban J connectivity index is 2.02. The zero-order chi connectivity index (χ0) is 19.8. The van der Waals surface area contributed by atoms with Gasteiger partial charge in [-0.05, 0) is 65.0 Å². The number of allylic oxidation sites excluding steroid dienone is 4. The number of carboxylic acid groups (broad SMARTS) is 1. The van der Waals surface area contributed by atoms with Gasteiger partial charge in [0.15, 0.2) is 0 Å². The van der Waals surface area contributed by atoms with Gasteiger partial charge in [0.1, 0.15) is 5.75 Å². The van der Waals surface area contributed by atoms with Crippen LogP contribution >= 0.6 is 0 Å². The quantitative estimate of drug-likeness (QED) is 0.544. The molecule has 0 unspecified atom stereocenters. The first kappa shape index (κ1) is 19.5. The maximum absolute atomic E-state index is 10.7. The zero-order valence-corrected chi connectivity index (χ0v) is 17.1. The van der Waals surface area contributed by atoms with E-state index in [-0.39, 0.29) is 10.8 Å². The number of carboxylic acids is 1. The van der Waals surface area contributed by atoms with Crippen molar-refractivity contribution < 1.29 is 14.6 Å². The van der Waals surface area contributed by atoms with Gasteiger partial charge in [0.25, 0.3) is 0 Å². The van der Waals surface area contributed by atoms with E-state index in [0.717, 1.165) is 17.7 Å². The third kappa shape index (κ3) is 4.02. The summed E-state index contributed by atoms with van der Waals surface area (Å²) in [6.45, 7) is 11.8. The number of carbonyl (C=O) groups is 1. The standard InChI is InChI=1S/C24H30O3/c1-16(13-22(25)26)7-6-8-17-9-12-27-21-15-20-19(14-18(17)21)23(2,3)10-11-24(20,4)5/h6-8,13-15H,9-12H2,1-5H3,(H,25,26)/b7-6+,16-13-,17-8+. The molecular weight excluding hydrogens is 336 g/mol. The SMILES string of the molecule is CC(=C/C(=O)O)/C=C/C=C1\CCOc2cc3c(cc21)C(C)(C)CCC3(C)C. The predicted molar refractivity (Wildman–Crippen MR) is 110 cm³/mol. The Morgan fingerprint density at radius 1 is 1.11 bits per heavy atom. The summed E-state index contributed by atoms with van der Waals surface area (Å²) in [6, 6.07) is 4.60. The van der Waals surface area contributed by atoms with Crippen LogP contribution in [0.2, 0.25) is 0 Å². The lowest BCUT2D eigenvalue weighted by atomic mass is 9.62. The van der Waals surface area contributed by atoms with Gasteiger partial charge in [-0.1, -0.05) is 45.9 Å². The van der Waals surface area contributed by atoms with E-state index in [1.165, 1.54) is 41.2 Å². The number of hydrogen-bond donors (Lipinski definition) is 1. The summed E-state index contributed by atoms with van der Waals surface area (Å²) < 4.78 is 6.01. The largest absolute Gasteiger partial charge is 0.493 e. The van der Waals surface area contributed by atoms with Crippen molar-refractivity contribution >= 4 is 11.5 Å². The molecule has 0 aromatic heterocycles. The van der Waals surface area contributed by atoms with E-state index in [0.29, 0.717) is 6.61 Å². The van der Waals surface area contributed by atoms with Gasteiger partial charge in [0.2, 0.25) is 0 Å². The van der Waals surface area contributed by atoms with Crippen LogP contribution in [0.5, 0.6) is 5.75 Å². The Morgan fingerprint density at radius 3 is 2.37 bits per heavy atom. The number of fused-ring (bicyclic) bond motifs is 2. The van der Waals surface area contributed by atoms with E-state index in [2.05, 4.69) is 45.9 Å². The summed E-state index contributed by atoms with van der Waals surface area (Å²) in [5.41, 5.74) is 6.32. The van der Waals surface area contributed by atoms with Gasteiger partial charge in [-0.25, -0.2) is 4.79 Å². The minimum absolute atomic E-state index is 0.166. The third-order valence-corrected chi connectivity index (χ3v) is 5.94. The molecule has 1 N–H and O–H groups in total. The van der Waals surface area contributed by atoms with Crippen LogP contribution in [0, 0.1) is 0 Å². The topological polar surface area (TPSA) is 46.5 Å². The van der Waals surface area contributed by atoms with Gasteiger partial charge in [0.05, 0.1) is 6.61 Å². The molecular formula is C24H30O3. The first-order chi connectivity index (χ1) is 12.6. The Labute approximate surface area is 162 Å². The van der Waals surface area contributed by atoms with E-state index in [1.54, 1.807) is 6.92 Å². The molecule has 2 aliphatic rings. The van der Waals surface area contributed by atoms with Crippen LogP contribution in [0.1, 0.15) is 70.6 Å². The molecule has 1 aromatic rings. The van der Waals surface area contributed by atoms with E-state index < -0.39 is 5.97 Å². The van der Waals surface area contributed by atoms with Gasteiger partial charge in [-0.15, -0.1) is 0 Å². The summed E-state index contributed by atoms with van der Waals surface area (Å²) in [5.74, 6) is 0.0564. The Hall–Kier alpha value is -2.29. The van der Waals surface area contributed by atoms with Gasteiger partial charge in [-0.2, -0.15) is 0 Å². The molecule has 1 aliphatic heterocycles. The van der Waals surface area contributed by atoms with Crippen molar-refractivity contribution in [3.8, 4) is 5.75 Å². The van der Waals surface area contributed by atoms with Crippen molar-refractivity contribution in [2.75, 3.05) is 6.61 Å². The first-order valence-corrected chi connectivity index (χ1v) is 9.71. The molecule has 0 saturated carbocycles. The summed E-state index contributed by atoms with van der Waals surface area (Å²) in [4.78, 5) is 10.7. The fourth-order valence-electron chi connectivity index (χ4n) is 4.10. The summed E-state index contributed by atoms with van der Waals surface area (Å²) in [6.07, 6.45) is 10.3. The van der Waals surface area contributed by atoms with Crippen LogP contribution in [0.3, 0.4) is 0 Å².